The topological polar surface area (TPSA) is 32.3 Å². The van der Waals surface area contributed by atoms with Crippen molar-refractivity contribution in [3.8, 4) is 0 Å². The van der Waals surface area contributed by atoms with Gasteiger partial charge in [0.2, 0.25) is 0 Å². The molecule has 3 rings (SSSR count). The van der Waals surface area contributed by atoms with E-state index < -0.39 is 4.33 Å². The zero-order valence-electron chi connectivity index (χ0n) is 13.9. The SMILES string of the molecule is CN(Cc1ccccc1)C(=O)Nc1ccccc1SCC1CC1(Cl)Cl. The Hall–Kier alpha value is -1.36. The number of hydrogen-bond donors (Lipinski definition) is 1. The van der Waals surface area contributed by atoms with Gasteiger partial charge in [0, 0.05) is 30.2 Å². The number of alkyl halides is 2. The number of carbonyl (C=O) groups excluding carboxylic acids is 1. The number of carbonyl (C=O) groups is 1. The van der Waals surface area contributed by atoms with Crippen molar-refractivity contribution < 1.29 is 4.79 Å². The first kappa shape index (κ1) is 18.4. The lowest BCUT2D eigenvalue weighted by atomic mass is 10.2. The van der Waals surface area contributed by atoms with Crippen molar-refractivity contribution in [1.29, 1.82) is 0 Å². The van der Waals surface area contributed by atoms with Crippen molar-refractivity contribution in [2.24, 2.45) is 5.92 Å². The van der Waals surface area contributed by atoms with E-state index in [-0.39, 0.29) is 6.03 Å². The lowest BCUT2D eigenvalue weighted by Gasteiger charge is -2.19. The number of benzene rings is 2. The van der Waals surface area contributed by atoms with E-state index in [2.05, 4.69) is 5.32 Å². The molecule has 0 aromatic heterocycles. The van der Waals surface area contributed by atoms with Crippen LogP contribution in [0.1, 0.15) is 12.0 Å². The zero-order valence-corrected chi connectivity index (χ0v) is 16.2. The molecule has 1 saturated carbocycles. The third kappa shape index (κ3) is 5.06. The summed E-state index contributed by atoms with van der Waals surface area (Å²) in [5.74, 6) is 1.16. The summed E-state index contributed by atoms with van der Waals surface area (Å²) in [4.78, 5) is 15.2. The minimum absolute atomic E-state index is 0.132. The van der Waals surface area contributed by atoms with Gasteiger partial charge in [-0.3, -0.25) is 0 Å². The first-order valence-electron chi connectivity index (χ1n) is 8.11. The molecule has 0 bridgehead atoms. The molecule has 0 heterocycles. The van der Waals surface area contributed by atoms with Crippen molar-refractivity contribution >= 4 is 46.7 Å². The number of halogens is 2. The van der Waals surface area contributed by atoms with Gasteiger partial charge in [0.1, 0.15) is 4.33 Å². The van der Waals surface area contributed by atoms with Crippen LogP contribution in [0.15, 0.2) is 59.5 Å². The summed E-state index contributed by atoms with van der Waals surface area (Å²) in [6.45, 7) is 0.561. The maximum atomic E-state index is 12.5. The maximum Gasteiger partial charge on any atom is 0.321 e. The molecule has 132 valence electrons. The molecule has 0 spiro atoms. The van der Waals surface area contributed by atoms with Gasteiger partial charge in [0.15, 0.2) is 0 Å². The van der Waals surface area contributed by atoms with Crippen molar-refractivity contribution in [1.82, 2.24) is 4.90 Å². The highest BCUT2D eigenvalue weighted by Crippen LogP contribution is 2.55. The Balaban J connectivity index is 1.59. The molecule has 1 N–H and O–H groups in total. The molecule has 2 aromatic carbocycles. The fourth-order valence-electron chi connectivity index (χ4n) is 2.48. The van der Waals surface area contributed by atoms with E-state index in [0.29, 0.717) is 12.5 Å². The van der Waals surface area contributed by atoms with E-state index in [1.807, 2.05) is 54.6 Å². The van der Waals surface area contributed by atoms with Crippen molar-refractivity contribution in [2.45, 2.75) is 22.2 Å². The van der Waals surface area contributed by atoms with Crippen LogP contribution in [-0.4, -0.2) is 28.1 Å². The second kappa shape index (κ2) is 7.90. The van der Waals surface area contributed by atoms with Crippen LogP contribution in [0.5, 0.6) is 0 Å². The van der Waals surface area contributed by atoms with Crippen LogP contribution in [0.4, 0.5) is 10.5 Å². The van der Waals surface area contributed by atoms with Crippen LogP contribution in [-0.2, 0) is 6.54 Å². The van der Waals surface area contributed by atoms with Gasteiger partial charge in [-0.25, -0.2) is 4.79 Å². The van der Waals surface area contributed by atoms with E-state index in [0.717, 1.165) is 28.3 Å². The molecule has 1 atom stereocenters. The molecule has 1 aliphatic rings. The lowest BCUT2D eigenvalue weighted by Crippen LogP contribution is -2.31. The largest absolute Gasteiger partial charge is 0.323 e. The van der Waals surface area contributed by atoms with Crippen LogP contribution < -0.4 is 5.32 Å². The summed E-state index contributed by atoms with van der Waals surface area (Å²) >= 11 is 13.9. The fraction of sp³-hybridized carbons (Fsp3) is 0.316. The molecule has 2 amide bonds. The Labute approximate surface area is 162 Å². The van der Waals surface area contributed by atoms with Gasteiger partial charge in [0.25, 0.3) is 0 Å². The Morgan fingerprint density at radius 3 is 2.52 bits per heavy atom. The predicted molar refractivity (Wildman–Crippen MR) is 107 cm³/mol. The van der Waals surface area contributed by atoms with Gasteiger partial charge >= 0.3 is 6.03 Å². The van der Waals surface area contributed by atoms with Crippen LogP contribution in [0, 0.1) is 5.92 Å². The lowest BCUT2D eigenvalue weighted by molar-refractivity contribution is 0.220. The minimum atomic E-state index is -0.568. The average molecular weight is 395 g/mol. The van der Waals surface area contributed by atoms with Crippen molar-refractivity contribution in [3.63, 3.8) is 0 Å². The molecule has 0 radical (unpaired) electrons. The summed E-state index contributed by atoms with van der Waals surface area (Å²) in [5.41, 5.74) is 1.91. The number of rotatable bonds is 6. The van der Waals surface area contributed by atoms with E-state index in [9.17, 15) is 4.79 Å². The van der Waals surface area contributed by atoms with Gasteiger partial charge in [-0.2, -0.15) is 0 Å². The molecule has 25 heavy (non-hydrogen) atoms. The molecular weight excluding hydrogens is 375 g/mol. The van der Waals surface area contributed by atoms with Crippen LogP contribution in [0.25, 0.3) is 0 Å². The number of amides is 2. The quantitative estimate of drug-likeness (QED) is 0.507. The standard InChI is InChI=1S/C19H20Cl2N2OS/c1-23(12-14-7-3-2-4-8-14)18(24)22-16-9-5-6-10-17(16)25-13-15-11-19(15,20)21/h2-10,15H,11-13H2,1H3,(H,22,24). The van der Waals surface area contributed by atoms with Gasteiger partial charge < -0.3 is 10.2 Å². The highest BCUT2D eigenvalue weighted by Gasteiger charge is 2.51. The van der Waals surface area contributed by atoms with Gasteiger partial charge in [-0.05, 0) is 24.1 Å². The highest BCUT2D eigenvalue weighted by atomic mass is 35.5. The van der Waals surface area contributed by atoms with E-state index in [1.165, 1.54) is 0 Å². The van der Waals surface area contributed by atoms with E-state index >= 15 is 0 Å². The Morgan fingerprint density at radius 1 is 1.20 bits per heavy atom. The van der Waals surface area contributed by atoms with Crippen LogP contribution in [0.3, 0.4) is 0 Å². The summed E-state index contributed by atoms with van der Waals surface area (Å²) in [6, 6.07) is 17.6. The molecule has 0 aliphatic heterocycles. The van der Waals surface area contributed by atoms with Crippen molar-refractivity contribution in [2.75, 3.05) is 18.1 Å². The van der Waals surface area contributed by atoms with Gasteiger partial charge in [0.05, 0.1) is 5.69 Å². The smallest absolute Gasteiger partial charge is 0.321 e. The summed E-state index contributed by atoms with van der Waals surface area (Å²) in [5, 5.41) is 3.00. The monoisotopic (exact) mass is 394 g/mol. The molecule has 3 nitrogen and oxygen atoms in total. The highest BCUT2D eigenvalue weighted by molar-refractivity contribution is 7.99. The van der Waals surface area contributed by atoms with Gasteiger partial charge in [-0.1, -0.05) is 42.5 Å². The third-order valence-corrected chi connectivity index (χ3v) is 6.30. The second-order valence-electron chi connectivity index (χ2n) is 6.24. The van der Waals surface area contributed by atoms with Gasteiger partial charge in [-0.15, -0.1) is 35.0 Å². The predicted octanol–water partition coefficient (Wildman–Crippen LogP) is 5.64. The summed E-state index contributed by atoms with van der Waals surface area (Å²) in [6.07, 6.45) is 0.831. The third-order valence-electron chi connectivity index (χ3n) is 4.13. The molecule has 0 saturated heterocycles. The van der Waals surface area contributed by atoms with Crippen LogP contribution >= 0.6 is 35.0 Å². The number of hydrogen-bond acceptors (Lipinski definition) is 2. The average Bonchev–Trinajstić information content (AvgIpc) is 3.21. The van der Waals surface area contributed by atoms with Crippen LogP contribution in [0.2, 0.25) is 0 Å². The molecule has 1 unspecified atom stereocenters. The first-order chi connectivity index (χ1) is 12.0. The molecule has 2 aromatic rings. The maximum absolute atomic E-state index is 12.5. The van der Waals surface area contributed by atoms with E-state index in [4.69, 9.17) is 23.2 Å². The van der Waals surface area contributed by atoms with Crippen molar-refractivity contribution in [3.05, 3.63) is 60.2 Å². The normalized spacial score (nSPS) is 17.8. The fourth-order valence-corrected chi connectivity index (χ4v) is 4.42. The number of para-hydroxylation sites is 1. The molecule has 6 heteroatoms. The first-order valence-corrected chi connectivity index (χ1v) is 9.85. The summed E-state index contributed by atoms with van der Waals surface area (Å²) < 4.78 is -0.568. The summed E-state index contributed by atoms with van der Waals surface area (Å²) in [7, 11) is 1.79. The molecule has 1 aliphatic carbocycles. The number of thioether (sulfide) groups is 1. The number of nitrogens with zero attached hydrogens (tertiary/aromatic N) is 1. The number of anilines is 1. The van der Waals surface area contributed by atoms with E-state index in [1.54, 1.807) is 23.7 Å². The Morgan fingerprint density at radius 2 is 1.84 bits per heavy atom. The second-order valence-corrected chi connectivity index (χ2v) is 8.85. The Bertz CT molecular complexity index is 739. The minimum Gasteiger partial charge on any atom is -0.323 e. The Kier molecular flexibility index (Phi) is 5.82. The molecule has 1 fully saturated rings. The molecular formula is C19H20Cl2N2OS. The number of nitrogens with one attached hydrogen (secondary N) is 1. The number of urea groups is 1. The zero-order chi connectivity index (χ0) is 17.9.